The summed E-state index contributed by atoms with van der Waals surface area (Å²) in [6, 6.07) is -1.38. The van der Waals surface area contributed by atoms with E-state index < -0.39 is 16.6 Å². The van der Waals surface area contributed by atoms with Crippen molar-refractivity contribution in [3.05, 3.63) is 33.4 Å². The van der Waals surface area contributed by atoms with Gasteiger partial charge in [0.15, 0.2) is 5.67 Å². The molecule has 1 rings (SSSR count). The van der Waals surface area contributed by atoms with E-state index in [2.05, 4.69) is 0 Å². The summed E-state index contributed by atoms with van der Waals surface area (Å²) in [6.07, 6.45) is 3.52. The van der Waals surface area contributed by atoms with Crippen LogP contribution in [0.2, 0.25) is 0 Å². The normalized spacial score (nSPS) is 34.6. The van der Waals surface area contributed by atoms with Crippen LogP contribution < -0.4 is 0 Å². The Bertz CT molecular complexity index is 273. The van der Waals surface area contributed by atoms with Gasteiger partial charge in [-0.1, -0.05) is 11.6 Å². The zero-order valence-electron chi connectivity index (χ0n) is 6.33. The lowest BCUT2D eigenvalue weighted by atomic mass is 9.94. The highest BCUT2D eigenvalue weighted by atomic mass is 35.5. The fourth-order valence-corrected chi connectivity index (χ4v) is 1.16. The smallest absolute Gasteiger partial charge is 0.264 e. The number of hydrogen-bond donors (Lipinski definition) is 0. The van der Waals surface area contributed by atoms with E-state index >= 15 is 0 Å². The molecule has 1 aliphatic carbocycles. The SMILES string of the molecule is CC1(F)C=CC(Cl)=CC1[N+](=O)[O-]. The van der Waals surface area contributed by atoms with Crippen LogP contribution in [0.4, 0.5) is 4.39 Å². The van der Waals surface area contributed by atoms with Gasteiger partial charge in [0.25, 0.3) is 6.04 Å². The Morgan fingerprint density at radius 3 is 2.83 bits per heavy atom. The first-order chi connectivity index (χ1) is 5.43. The third kappa shape index (κ3) is 1.64. The second kappa shape index (κ2) is 2.86. The maximum atomic E-state index is 13.3. The summed E-state index contributed by atoms with van der Waals surface area (Å²) in [7, 11) is 0. The highest BCUT2D eigenvalue weighted by Crippen LogP contribution is 2.28. The first-order valence-corrected chi connectivity index (χ1v) is 3.70. The Balaban J connectivity index is 2.98. The monoisotopic (exact) mass is 191 g/mol. The standard InChI is InChI=1S/C7H7ClFNO2/c1-7(9)3-2-5(8)4-6(7)10(11)12/h2-4,6H,1H3. The summed E-state index contributed by atoms with van der Waals surface area (Å²) in [5.41, 5.74) is -1.94. The number of nitrogens with zero attached hydrogens (tertiary/aromatic N) is 1. The molecule has 2 atom stereocenters. The van der Waals surface area contributed by atoms with Crippen molar-refractivity contribution in [2.75, 3.05) is 0 Å². The molecule has 0 saturated carbocycles. The van der Waals surface area contributed by atoms with Gasteiger partial charge in [-0.25, -0.2) is 4.39 Å². The topological polar surface area (TPSA) is 43.1 Å². The van der Waals surface area contributed by atoms with Crippen molar-refractivity contribution in [3.63, 3.8) is 0 Å². The summed E-state index contributed by atoms with van der Waals surface area (Å²) in [5.74, 6) is 0. The summed E-state index contributed by atoms with van der Waals surface area (Å²) < 4.78 is 13.3. The van der Waals surface area contributed by atoms with Crippen molar-refractivity contribution in [1.29, 1.82) is 0 Å². The quantitative estimate of drug-likeness (QED) is 0.470. The fourth-order valence-electron chi connectivity index (χ4n) is 0.977. The Morgan fingerprint density at radius 2 is 2.42 bits per heavy atom. The van der Waals surface area contributed by atoms with Gasteiger partial charge in [-0.2, -0.15) is 0 Å². The van der Waals surface area contributed by atoms with Gasteiger partial charge >= 0.3 is 0 Å². The number of hydrogen-bond acceptors (Lipinski definition) is 2. The molecule has 0 N–H and O–H groups in total. The molecule has 0 heterocycles. The molecule has 0 amide bonds. The van der Waals surface area contributed by atoms with E-state index in [0.29, 0.717) is 0 Å². The van der Waals surface area contributed by atoms with E-state index in [4.69, 9.17) is 11.6 Å². The molecule has 0 aromatic carbocycles. The van der Waals surface area contributed by atoms with Gasteiger partial charge in [0.1, 0.15) is 0 Å². The third-order valence-electron chi connectivity index (χ3n) is 1.69. The average molecular weight is 192 g/mol. The van der Waals surface area contributed by atoms with Crippen molar-refractivity contribution in [1.82, 2.24) is 0 Å². The lowest BCUT2D eigenvalue weighted by Crippen LogP contribution is -2.39. The minimum absolute atomic E-state index is 0.201. The van der Waals surface area contributed by atoms with Gasteiger partial charge in [0.05, 0.1) is 0 Å². The Kier molecular flexibility index (Phi) is 2.19. The molecule has 0 aliphatic heterocycles. The lowest BCUT2D eigenvalue weighted by Gasteiger charge is -2.20. The third-order valence-corrected chi connectivity index (χ3v) is 1.94. The first-order valence-electron chi connectivity index (χ1n) is 3.32. The molecule has 5 heteroatoms. The molecule has 0 aromatic heterocycles. The van der Waals surface area contributed by atoms with Crippen LogP contribution in [-0.4, -0.2) is 16.6 Å². The Labute approximate surface area is 73.7 Å². The molecule has 0 fully saturated rings. The van der Waals surface area contributed by atoms with Crippen LogP contribution in [0.25, 0.3) is 0 Å². The minimum Gasteiger partial charge on any atom is -0.264 e. The minimum atomic E-state index is -1.94. The zero-order valence-corrected chi connectivity index (χ0v) is 7.08. The molecule has 3 nitrogen and oxygen atoms in total. The Morgan fingerprint density at radius 1 is 1.83 bits per heavy atom. The zero-order chi connectivity index (χ0) is 9.35. The summed E-state index contributed by atoms with van der Waals surface area (Å²) in [5, 5.41) is 10.5. The predicted molar refractivity (Wildman–Crippen MR) is 43.4 cm³/mol. The van der Waals surface area contributed by atoms with Crippen LogP contribution in [0.1, 0.15) is 6.92 Å². The van der Waals surface area contributed by atoms with E-state index in [1.807, 2.05) is 0 Å². The molecule has 0 saturated heterocycles. The maximum absolute atomic E-state index is 13.3. The molecular formula is C7H7ClFNO2. The molecule has 0 aromatic rings. The van der Waals surface area contributed by atoms with Crippen LogP contribution >= 0.6 is 11.6 Å². The van der Waals surface area contributed by atoms with Crippen LogP contribution in [0.5, 0.6) is 0 Å². The molecule has 0 radical (unpaired) electrons. The average Bonchev–Trinajstić information content (AvgIpc) is 1.94. The maximum Gasteiger partial charge on any atom is 0.269 e. The molecule has 1 aliphatic rings. The lowest BCUT2D eigenvalue weighted by molar-refractivity contribution is -0.523. The van der Waals surface area contributed by atoms with Gasteiger partial charge in [0, 0.05) is 16.0 Å². The van der Waals surface area contributed by atoms with Crippen molar-refractivity contribution < 1.29 is 9.31 Å². The van der Waals surface area contributed by atoms with Crippen molar-refractivity contribution in [3.8, 4) is 0 Å². The number of nitro groups is 1. The summed E-state index contributed by atoms with van der Waals surface area (Å²) in [6.45, 7) is 1.15. The van der Waals surface area contributed by atoms with E-state index in [0.717, 1.165) is 19.1 Å². The largest absolute Gasteiger partial charge is 0.269 e. The molecule has 66 valence electrons. The van der Waals surface area contributed by atoms with Crippen LogP contribution in [0.15, 0.2) is 23.3 Å². The highest BCUT2D eigenvalue weighted by molar-refractivity contribution is 6.31. The summed E-state index contributed by atoms with van der Waals surface area (Å²) in [4.78, 5) is 9.66. The van der Waals surface area contributed by atoms with Crippen molar-refractivity contribution >= 4 is 11.6 Å². The van der Waals surface area contributed by atoms with Gasteiger partial charge < -0.3 is 0 Å². The van der Waals surface area contributed by atoms with Crippen LogP contribution in [0.3, 0.4) is 0 Å². The predicted octanol–water partition coefficient (Wildman–Crippen LogP) is 2.05. The molecule has 0 bridgehead atoms. The van der Waals surface area contributed by atoms with Crippen LogP contribution in [-0.2, 0) is 0 Å². The molecule has 0 spiro atoms. The molecule has 2 unspecified atom stereocenters. The van der Waals surface area contributed by atoms with Gasteiger partial charge in [0.2, 0.25) is 0 Å². The highest BCUT2D eigenvalue weighted by Gasteiger charge is 2.41. The molecule has 12 heavy (non-hydrogen) atoms. The number of rotatable bonds is 1. The molecular weight excluding hydrogens is 185 g/mol. The van der Waals surface area contributed by atoms with Crippen molar-refractivity contribution in [2.45, 2.75) is 18.6 Å². The second-order valence-corrected chi connectivity index (χ2v) is 3.20. The van der Waals surface area contributed by atoms with Crippen LogP contribution in [0, 0.1) is 10.1 Å². The second-order valence-electron chi connectivity index (χ2n) is 2.77. The summed E-state index contributed by atoms with van der Waals surface area (Å²) >= 11 is 5.49. The van der Waals surface area contributed by atoms with Crippen molar-refractivity contribution in [2.24, 2.45) is 0 Å². The fraction of sp³-hybridized carbons (Fsp3) is 0.429. The van der Waals surface area contributed by atoms with E-state index in [1.54, 1.807) is 0 Å². The number of alkyl halides is 1. The Hall–Kier alpha value is -0.900. The number of halogens is 2. The van der Waals surface area contributed by atoms with E-state index in [-0.39, 0.29) is 5.03 Å². The van der Waals surface area contributed by atoms with Gasteiger partial charge in [-0.15, -0.1) is 0 Å². The number of allylic oxidation sites excluding steroid dienone is 2. The van der Waals surface area contributed by atoms with E-state index in [1.165, 1.54) is 6.08 Å². The van der Waals surface area contributed by atoms with E-state index in [9.17, 15) is 14.5 Å². The van der Waals surface area contributed by atoms with Gasteiger partial charge in [-0.3, -0.25) is 10.1 Å². The first kappa shape index (κ1) is 9.19. The van der Waals surface area contributed by atoms with Gasteiger partial charge in [-0.05, 0) is 19.1 Å².